The van der Waals surface area contributed by atoms with E-state index in [0.29, 0.717) is 23.8 Å². The number of hydrogen-bond donors (Lipinski definition) is 2. The molecule has 0 saturated carbocycles. The number of imidazole rings is 1. The number of nitrogens with zero attached hydrogens (tertiary/aromatic N) is 4. The van der Waals surface area contributed by atoms with Gasteiger partial charge in [-0.2, -0.15) is 14.4 Å². The largest absolute Gasteiger partial charge is 0.350 e. The Hall–Kier alpha value is -3.00. The fourth-order valence-corrected chi connectivity index (χ4v) is 2.90. The summed E-state index contributed by atoms with van der Waals surface area (Å²) in [5.74, 6) is -0.319. The summed E-state index contributed by atoms with van der Waals surface area (Å²) in [7, 11) is 0. The number of anilines is 1. The lowest BCUT2D eigenvalue weighted by molar-refractivity contribution is -0.122. The van der Waals surface area contributed by atoms with Crippen LogP contribution in [0.25, 0.3) is 5.82 Å². The van der Waals surface area contributed by atoms with Gasteiger partial charge in [0.05, 0.1) is 0 Å². The van der Waals surface area contributed by atoms with E-state index in [1.807, 2.05) is 26.0 Å². The van der Waals surface area contributed by atoms with Crippen LogP contribution < -0.4 is 10.6 Å². The number of halogens is 2. The minimum Gasteiger partial charge on any atom is -0.350 e. The molecule has 0 unspecified atom stereocenters. The van der Waals surface area contributed by atoms with E-state index in [9.17, 15) is 9.18 Å². The number of benzene rings is 1. The minimum absolute atomic E-state index is 0.0426. The van der Waals surface area contributed by atoms with E-state index in [-0.39, 0.29) is 17.8 Å². The SMILES string of the molecule is CC(C)C[C@@H](Nc1nc(F)cc(-n2ccnc2)n1)C(=O)NCc1ccc(Cl)cc1. The molecule has 2 heterocycles. The molecule has 2 aromatic heterocycles. The summed E-state index contributed by atoms with van der Waals surface area (Å²) in [6.07, 6.45) is 5.26. The van der Waals surface area contributed by atoms with Crippen molar-refractivity contribution in [2.45, 2.75) is 32.9 Å². The Balaban J connectivity index is 1.73. The van der Waals surface area contributed by atoms with Crippen LogP contribution in [-0.2, 0) is 11.3 Å². The Kier molecular flexibility index (Phi) is 6.77. The Bertz CT molecular complexity index is 946. The van der Waals surface area contributed by atoms with Crippen molar-refractivity contribution in [1.82, 2.24) is 24.8 Å². The third kappa shape index (κ3) is 5.99. The van der Waals surface area contributed by atoms with Crippen molar-refractivity contribution in [2.75, 3.05) is 5.32 Å². The number of rotatable bonds is 8. The Morgan fingerprint density at radius 1 is 1.24 bits per heavy atom. The van der Waals surface area contributed by atoms with Gasteiger partial charge in [0.2, 0.25) is 17.8 Å². The molecule has 0 saturated heterocycles. The molecule has 0 aliphatic rings. The molecule has 9 heteroatoms. The van der Waals surface area contributed by atoms with Crippen molar-refractivity contribution in [3.8, 4) is 5.82 Å². The Morgan fingerprint density at radius 2 is 2.00 bits per heavy atom. The van der Waals surface area contributed by atoms with E-state index in [1.54, 1.807) is 29.1 Å². The smallest absolute Gasteiger partial charge is 0.242 e. The lowest BCUT2D eigenvalue weighted by Gasteiger charge is -2.20. The Morgan fingerprint density at radius 3 is 2.66 bits per heavy atom. The first kappa shape index (κ1) is 20.7. The van der Waals surface area contributed by atoms with Crippen LogP contribution in [0.1, 0.15) is 25.8 Å². The van der Waals surface area contributed by atoms with Gasteiger partial charge in [-0.25, -0.2) is 4.98 Å². The third-order valence-electron chi connectivity index (χ3n) is 4.16. The highest BCUT2D eigenvalue weighted by Crippen LogP contribution is 2.14. The number of carbonyl (C=O) groups is 1. The molecule has 0 radical (unpaired) electrons. The number of nitrogens with one attached hydrogen (secondary N) is 2. The molecular weight excluding hydrogens is 395 g/mol. The molecule has 3 aromatic rings. The topological polar surface area (TPSA) is 84.7 Å². The molecule has 29 heavy (non-hydrogen) atoms. The summed E-state index contributed by atoms with van der Waals surface area (Å²) in [5.41, 5.74) is 0.926. The highest BCUT2D eigenvalue weighted by Gasteiger charge is 2.21. The van der Waals surface area contributed by atoms with Crippen molar-refractivity contribution < 1.29 is 9.18 Å². The van der Waals surface area contributed by atoms with Crippen LogP contribution in [0, 0.1) is 11.9 Å². The van der Waals surface area contributed by atoms with Crippen LogP contribution in [0.5, 0.6) is 0 Å². The maximum atomic E-state index is 14.0. The second-order valence-electron chi connectivity index (χ2n) is 7.01. The number of carbonyl (C=O) groups excluding carboxylic acids is 1. The zero-order valence-electron chi connectivity index (χ0n) is 16.1. The van der Waals surface area contributed by atoms with Crippen molar-refractivity contribution >= 4 is 23.5 Å². The van der Waals surface area contributed by atoms with Gasteiger partial charge in [0.25, 0.3) is 0 Å². The molecule has 2 N–H and O–H groups in total. The fraction of sp³-hybridized carbons (Fsp3) is 0.300. The molecule has 0 spiro atoms. The molecule has 152 valence electrons. The average Bonchev–Trinajstić information content (AvgIpc) is 3.21. The number of aromatic nitrogens is 4. The molecule has 3 rings (SSSR count). The third-order valence-corrected chi connectivity index (χ3v) is 4.41. The predicted octanol–water partition coefficient (Wildman–Crippen LogP) is 3.60. The highest BCUT2D eigenvalue weighted by atomic mass is 35.5. The lowest BCUT2D eigenvalue weighted by atomic mass is 10.0. The van der Waals surface area contributed by atoms with Gasteiger partial charge in [-0.15, -0.1) is 0 Å². The van der Waals surface area contributed by atoms with Crippen LogP contribution in [0.4, 0.5) is 10.3 Å². The molecule has 0 aliphatic carbocycles. The van der Waals surface area contributed by atoms with E-state index in [4.69, 9.17) is 11.6 Å². The first-order valence-electron chi connectivity index (χ1n) is 9.22. The average molecular weight is 417 g/mol. The van der Waals surface area contributed by atoms with E-state index in [1.165, 1.54) is 12.4 Å². The summed E-state index contributed by atoms with van der Waals surface area (Å²) < 4.78 is 15.6. The Labute approximate surface area is 173 Å². The van der Waals surface area contributed by atoms with E-state index < -0.39 is 12.0 Å². The molecule has 1 amide bonds. The highest BCUT2D eigenvalue weighted by molar-refractivity contribution is 6.30. The summed E-state index contributed by atoms with van der Waals surface area (Å²) >= 11 is 5.89. The first-order chi connectivity index (χ1) is 13.9. The van der Waals surface area contributed by atoms with Crippen molar-refractivity contribution in [2.24, 2.45) is 5.92 Å². The summed E-state index contributed by atoms with van der Waals surface area (Å²) in [5, 5.41) is 6.50. The maximum absolute atomic E-state index is 14.0. The predicted molar refractivity (Wildman–Crippen MR) is 109 cm³/mol. The van der Waals surface area contributed by atoms with Gasteiger partial charge in [-0.3, -0.25) is 9.36 Å². The molecule has 0 bridgehead atoms. The summed E-state index contributed by atoms with van der Waals surface area (Å²) in [4.78, 5) is 24.8. The van der Waals surface area contributed by atoms with Gasteiger partial charge in [-0.1, -0.05) is 37.6 Å². The zero-order valence-corrected chi connectivity index (χ0v) is 16.9. The van der Waals surface area contributed by atoms with Crippen LogP contribution in [0.2, 0.25) is 5.02 Å². The van der Waals surface area contributed by atoms with E-state index in [2.05, 4.69) is 25.6 Å². The molecular formula is C20H22ClFN6O. The molecule has 7 nitrogen and oxygen atoms in total. The minimum atomic E-state index is -0.698. The zero-order chi connectivity index (χ0) is 20.8. The normalized spacial score (nSPS) is 12.0. The first-order valence-corrected chi connectivity index (χ1v) is 9.60. The van der Waals surface area contributed by atoms with Gasteiger partial charge in [0, 0.05) is 30.0 Å². The molecule has 1 aromatic carbocycles. The van der Waals surface area contributed by atoms with E-state index >= 15 is 0 Å². The van der Waals surface area contributed by atoms with Gasteiger partial charge in [0.15, 0.2) is 0 Å². The van der Waals surface area contributed by atoms with Gasteiger partial charge < -0.3 is 10.6 Å². The van der Waals surface area contributed by atoms with Crippen LogP contribution >= 0.6 is 11.6 Å². The van der Waals surface area contributed by atoms with Crippen molar-refractivity contribution in [3.05, 3.63) is 65.6 Å². The van der Waals surface area contributed by atoms with Gasteiger partial charge >= 0.3 is 0 Å². The van der Waals surface area contributed by atoms with Gasteiger partial charge in [0.1, 0.15) is 18.2 Å². The van der Waals surface area contributed by atoms with Gasteiger partial charge in [-0.05, 0) is 30.0 Å². The molecule has 1 atom stereocenters. The standard InChI is InChI=1S/C20H22ClFN6O/c1-13(2)9-16(19(29)24-11-14-3-5-15(21)6-4-14)25-20-26-17(22)10-18(27-20)28-8-7-23-12-28/h3-8,10,12-13,16H,9,11H2,1-2H3,(H,24,29)(H,25,26,27)/t16-/m1/s1. The van der Waals surface area contributed by atoms with Crippen molar-refractivity contribution in [1.29, 1.82) is 0 Å². The van der Waals surface area contributed by atoms with Crippen LogP contribution in [-0.4, -0.2) is 31.5 Å². The van der Waals surface area contributed by atoms with Crippen molar-refractivity contribution in [3.63, 3.8) is 0 Å². The van der Waals surface area contributed by atoms with E-state index in [0.717, 1.165) is 5.56 Å². The van der Waals surface area contributed by atoms with Crippen LogP contribution in [0.15, 0.2) is 49.1 Å². The number of amides is 1. The molecule has 0 aliphatic heterocycles. The van der Waals surface area contributed by atoms with Crippen LogP contribution in [0.3, 0.4) is 0 Å². The maximum Gasteiger partial charge on any atom is 0.242 e. The fourth-order valence-electron chi connectivity index (χ4n) is 2.77. The summed E-state index contributed by atoms with van der Waals surface area (Å²) in [6, 6.07) is 7.82. The monoisotopic (exact) mass is 416 g/mol. The molecule has 0 fully saturated rings. The lowest BCUT2D eigenvalue weighted by Crippen LogP contribution is -2.40. The second kappa shape index (κ2) is 9.47. The number of hydrogen-bond acceptors (Lipinski definition) is 5. The second-order valence-corrected chi connectivity index (χ2v) is 7.45. The summed E-state index contributed by atoms with van der Waals surface area (Å²) in [6.45, 7) is 4.37. The quantitative estimate of drug-likeness (QED) is 0.548.